The topological polar surface area (TPSA) is 107 Å². The number of hydrogen-bond donors (Lipinski definition) is 3. The Morgan fingerprint density at radius 2 is 2.05 bits per heavy atom. The van der Waals surface area contributed by atoms with Gasteiger partial charge in [-0.3, -0.25) is 4.79 Å². The van der Waals surface area contributed by atoms with E-state index in [1.54, 1.807) is 6.92 Å². The second-order valence-electron chi connectivity index (χ2n) is 5.17. The highest BCUT2D eigenvalue weighted by Crippen LogP contribution is 2.37. The van der Waals surface area contributed by atoms with Crippen molar-refractivity contribution >= 4 is 33.9 Å². The SMILES string of the molecule is CCOC(=O)c1c(NCC2CCCC2)sc(C(N)=O)c1N. The molecule has 1 amide bonds. The quantitative estimate of drug-likeness (QED) is 0.698. The van der Waals surface area contributed by atoms with Gasteiger partial charge in [-0.1, -0.05) is 12.8 Å². The molecule has 0 unspecified atom stereocenters. The molecule has 1 aromatic heterocycles. The monoisotopic (exact) mass is 311 g/mol. The number of amides is 1. The summed E-state index contributed by atoms with van der Waals surface area (Å²) in [5, 5.41) is 3.82. The zero-order valence-corrected chi connectivity index (χ0v) is 12.9. The smallest absolute Gasteiger partial charge is 0.343 e. The molecule has 5 N–H and O–H groups in total. The predicted octanol–water partition coefficient (Wildman–Crippen LogP) is 2.21. The van der Waals surface area contributed by atoms with Crippen LogP contribution in [-0.2, 0) is 4.74 Å². The summed E-state index contributed by atoms with van der Waals surface area (Å²) in [5.74, 6) is -0.551. The summed E-state index contributed by atoms with van der Waals surface area (Å²) >= 11 is 1.12. The van der Waals surface area contributed by atoms with Crippen LogP contribution < -0.4 is 16.8 Å². The van der Waals surface area contributed by atoms with Crippen molar-refractivity contribution < 1.29 is 14.3 Å². The van der Waals surface area contributed by atoms with E-state index >= 15 is 0 Å². The van der Waals surface area contributed by atoms with Crippen molar-refractivity contribution in [1.82, 2.24) is 0 Å². The minimum absolute atomic E-state index is 0.111. The Morgan fingerprint density at radius 3 is 2.62 bits per heavy atom. The lowest BCUT2D eigenvalue weighted by Gasteiger charge is -2.11. The molecule has 0 radical (unpaired) electrons. The van der Waals surface area contributed by atoms with Gasteiger partial charge in [-0.15, -0.1) is 11.3 Å². The van der Waals surface area contributed by atoms with Crippen LogP contribution in [0.5, 0.6) is 0 Å². The summed E-state index contributed by atoms with van der Waals surface area (Å²) in [6, 6.07) is 0. The van der Waals surface area contributed by atoms with Crippen LogP contribution >= 0.6 is 11.3 Å². The number of carbonyl (C=O) groups excluding carboxylic acids is 2. The van der Waals surface area contributed by atoms with Crippen molar-refractivity contribution in [2.75, 3.05) is 24.2 Å². The van der Waals surface area contributed by atoms with E-state index in [1.807, 2.05) is 0 Å². The minimum atomic E-state index is -0.628. The van der Waals surface area contributed by atoms with Crippen LogP contribution in [0.3, 0.4) is 0 Å². The van der Waals surface area contributed by atoms with Gasteiger partial charge in [-0.05, 0) is 25.7 Å². The molecule has 6 nitrogen and oxygen atoms in total. The van der Waals surface area contributed by atoms with Crippen LogP contribution in [0.25, 0.3) is 0 Å². The van der Waals surface area contributed by atoms with E-state index in [0.717, 1.165) is 17.9 Å². The lowest BCUT2D eigenvalue weighted by Crippen LogP contribution is -2.15. The summed E-state index contributed by atoms with van der Waals surface area (Å²) in [7, 11) is 0. The number of carbonyl (C=O) groups is 2. The van der Waals surface area contributed by atoms with E-state index in [0.29, 0.717) is 10.9 Å². The largest absolute Gasteiger partial charge is 0.462 e. The standard InChI is InChI=1S/C14H21N3O3S/c1-2-20-14(19)9-10(15)11(12(16)18)21-13(9)17-7-8-5-3-4-6-8/h8,17H,2-7,15H2,1H3,(H2,16,18). The summed E-state index contributed by atoms with van der Waals surface area (Å²) < 4.78 is 5.01. The molecule has 0 aliphatic heterocycles. The van der Waals surface area contributed by atoms with Crippen LogP contribution in [-0.4, -0.2) is 25.0 Å². The molecule has 0 saturated heterocycles. The first-order valence-corrected chi connectivity index (χ1v) is 7.99. The second-order valence-corrected chi connectivity index (χ2v) is 6.19. The number of hydrogen-bond acceptors (Lipinski definition) is 6. The molecule has 1 fully saturated rings. The molecule has 7 heteroatoms. The Morgan fingerprint density at radius 1 is 1.38 bits per heavy atom. The molecule has 1 aromatic rings. The van der Waals surface area contributed by atoms with Crippen molar-refractivity contribution in [3.63, 3.8) is 0 Å². The molecule has 0 atom stereocenters. The van der Waals surface area contributed by atoms with Gasteiger partial charge in [0.1, 0.15) is 15.4 Å². The molecule has 1 saturated carbocycles. The third-order valence-corrected chi connectivity index (χ3v) is 4.85. The summed E-state index contributed by atoms with van der Waals surface area (Å²) in [6.45, 7) is 2.74. The van der Waals surface area contributed by atoms with E-state index in [-0.39, 0.29) is 22.7 Å². The first-order valence-electron chi connectivity index (χ1n) is 7.17. The maximum absolute atomic E-state index is 12.0. The third-order valence-electron chi connectivity index (χ3n) is 3.67. The van der Waals surface area contributed by atoms with Crippen molar-refractivity contribution in [2.45, 2.75) is 32.6 Å². The lowest BCUT2D eigenvalue weighted by molar-refractivity contribution is 0.0529. The molecule has 0 bridgehead atoms. The van der Waals surface area contributed by atoms with Crippen molar-refractivity contribution in [2.24, 2.45) is 11.7 Å². The minimum Gasteiger partial charge on any atom is -0.462 e. The highest BCUT2D eigenvalue weighted by Gasteiger charge is 2.26. The highest BCUT2D eigenvalue weighted by molar-refractivity contribution is 7.19. The van der Waals surface area contributed by atoms with Crippen LogP contribution in [0, 0.1) is 5.92 Å². The number of nitrogens with one attached hydrogen (secondary N) is 1. The van der Waals surface area contributed by atoms with Gasteiger partial charge in [0.25, 0.3) is 5.91 Å². The Kier molecular flexibility index (Phi) is 5.06. The van der Waals surface area contributed by atoms with Gasteiger partial charge in [0.2, 0.25) is 0 Å². The molecule has 1 heterocycles. The van der Waals surface area contributed by atoms with Gasteiger partial charge in [0.05, 0.1) is 12.3 Å². The molecule has 21 heavy (non-hydrogen) atoms. The summed E-state index contributed by atoms with van der Waals surface area (Å²) in [4.78, 5) is 23.6. The predicted molar refractivity (Wildman–Crippen MR) is 83.7 cm³/mol. The highest BCUT2D eigenvalue weighted by atomic mass is 32.1. The van der Waals surface area contributed by atoms with E-state index in [9.17, 15) is 9.59 Å². The first-order chi connectivity index (χ1) is 10.0. The Bertz CT molecular complexity index is 536. The summed E-state index contributed by atoms with van der Waals surface area (Å²) in [6.07, 6.45) is 4.86. The maximum atomic E-state index is 12.0. The Balaban J connectivity index is 2.22. The van der Waals surface area contributed by atoms with Crippen LogP contribution in [0.1, 0.15) is 52.6 Å². The van der Waals surface area contributed by atoms with Crippen LogP contribution in [0.2, 0.25) is 0 Å². The molecule has 2 rings (SSSR count). The Hall–Kier alpha value is -1.76. The normalized spacial score (nSPS) is 15.1. The summed E-state index contributed by atoms with van der Waals surface area (Å²) in [5.41, 5.74) is 11.5. The fourth-order valence-electron chi connectivity index (χ4n) is 2.61. The fourth-order valence-corrected chi connectivity index (χ4v) is 3.58. The van der Waals surface area contributed by atoms with Crippen LogP contribution in [0.15, 0.2) is 0 Å². The Labute approximate surface area is 127 Å². The number of rotatable bonds is 6. The molecule has 0 aromatic carbocycles. The van der Waals surface area contributed by atoms with Crippen molar-refractivity contribution in [3.8, 4) is 0 Å². The first kappa shape index (κ1) is 15.6. The van der Waals surface area contributed by atoms with Gasteiger partial charge >= 0.3 is 5.97 Å². The molecular formula is C14H21N3O3S. The van der Waals surface area contributed by atoms with Gasteiger partial charge in [0, 0.05) is 6.54 Å². The molecule has 1 aliphatic rings. The number of anilines is 2. The van der Waals surface area contributed by atoms with Crippen LogP contribution in [0.4, 0.5) is 10.7 Å². The van der Waals surface area contributed by atoms with E-state index in [1.165, 1.54) is 25.7 Å². The maximum Gasteiger partial charge on any atom is 0.343 e. The molecular weight excluding hydrogens is 290 g/mol. The number of thiophene rings is 1. The van der Waals surface area contributed by atoms with Gasteiger partial charge in [0.15, 0.2) is 0 Å². The lowest BCUT2D eigenvalue weighted by atomic mass is 10.1. The number of primary amides is 1. The second kappa shape index (κ2) is 6.80. The fraction of sp³-hybridized carbons (Fsp3) is 0.571. The number of ether oxygens (including phenoxy) is 1. The zero-order valence-electron chi connectivity index (χ0n) is 12.1. The van der Waals surface area contributed by atoms with Crippen molar-refractivity contribution in [1.29, 1.82) is 0 Å². The molecule has 1 aliphatic carbocycles. The van der Waals surface area contributed by atoms with E-state index < -0.39 is 11.9 Å². The van der Waals surface area contributed by atoms with E-state index in [4.69, 9.17) is 16.2 Å². The number of nitrogen functional groups attached to an aromatic ring is 1. The molecule has 0 spiro atoms. The van der Waals surface area contributed by atoms with E-state index in [2.05, 4.69) is 5.32 Å². The van der Waals surface area contributed by atoms with Gasteiger partial charge in [-0.25, -0.2) is 4.79 Å². The van der Waals surface area contributed by atoms with Crippen molar-refractivity contribution in [3.05, 3.63) is 10.4 Å². The average Bonchev–Trinajstić information content (AvgIpc) is 3.04. The van der Waals surface area contributed by atoms with Gasteiger partial charge in [-0.2, -0.15) is 0 Å². The number of esters is 1. The molecule has 116 valence electrons. The average molecular weight is 311 g/mol. The van der Waals surface area contributed by atoms with Gasteiger partial charge < -0.3 is 21.5 Å². The third kappa shape index (κ3) is 3.47. The number of nitrogens with two attached hydrogens (primary N) is 2. The zero-order chi connectivity index (χ0) is 15.4.